The number of aromatic nitrogens is 2. The molecule has 0 saturated heterocycles. The first-order valence-electron chi connectivity index (χ1n) is 13.6. The van der Waals surface area contributed by atoms with Gasteiger partial charge in [0.15, 0.2) is 0 Å². The van der Waals surface area contributed by atoms with Gasteiger partial charge in [0, 0.05) is 26.9 Å². The van der Waals surface area contributed by atoms with Crippen molar-refractivity contribution < 1.29 is 0 Å². The summed E-state index contributed by atoms with van der Waals surface area (Å²) >= 11 is 0. The molecule has 2 aromatic heterocycles. The highest BCUT2D eigenvalue weighted by atomic mass is 15.0. The molecule has 0 aliphatic heterocycles. The Balaban J connectivity index is 1.48. The van der Waals surface area contributed by atoms with E-state index in [4.69, 9.17) is 0 Å². The van der Waals surface area contributed by atoms with E-state index in [0.717, 1.165) is 16.5 Å². The quantitative estimate of drug-likeness (QED) is 0.221. The zero-order valence-electron chi connectivity index (χ0n) is 21.6. The van der Waals surface area contributed by atoms with E-state index >= 15 is 0 Å². The van der Waals surface area contributed by atoms with Crippen LogP contribution in [0.15, 0.2) is 133 Å². The second-order valence-electron chi connectivity index (χ2n) is 10.4. The van der Waals surface area contributed by atoms with Crippen LogP contribution in [0.4, 0.5) is 0 Å². The van der Waals surface area contributed by atoms with E-state index in [1.54, 1.807) is 0 Å². The van der Waals surface area contributed by atoms with E-state index in [1.807, 2.05) is 6.07 Å². The van der Waals surface area contributed by atoms with Gasteiger partial charge < -0.3 is 9.13 Å². The summed E-state index contributed by atoms with van der Waals surface area (Å²) in [6.45, 7) is 0. The monoisotopic (exact) mass is 506 g/mol. The summed E-state index contributed by atoms with van der Waals surface area (Å²) in [4.78, 5) is 0. The average molecular weight is 507 g/mol. The first kappa shape index (κ1) is 21.4. The summed E-state index contributed by atoms with van der Waals surface area (Å²) in [7, 11) is 0. The summed E-state index contributed by atoms with van der Waals surface area (Å²) in [5.74, 6) is 0. The number of para-hydroxylation sites is 2. The van der Waals surface area contributed by atoms with Crippen LogP contribution < -0.4 is 0 Å². The fourth-order valence-electron chi connectivity index (χ4n) is 6.62. The Bertz CT molecular complexity index is 2250. The molecule has 0 N–H and O–H groups in total. The highest BCUT2D eigenvalue weighted by molar-refractivity contribution is 6.19. The van der Waals surface area contributed by atoms with Gasteiger partial charge in [-0.1, -0.05) is 97.1 Å². The molecular formula is C38H22N2. The van der Waals surface area contributed by atoms with Crippen molar-refractivity contribution in [1.29, 1.82) is 0 Å². The molecule has 0 aliphatic carbocycles. The zero-order valence-corrected chi connectivity index (χ0v) is 21.6. The third kappa shape index (κ3) is 2.84. The second kappa shape index (κ2) is 7.99. The average Bonchev–Trinajstić information content (AvgIpc) is 3.51. The normalized spacial score (nSPS) is 11.8. The lowest BCUT2D eigenvalue weighted by Crippen LogP contribution is -1.96. The molecule has 184 valence electrons. The lowest BCUT2D eigenvalue weighted by atomic mass is 10.1. The van der Waals surface area contributed by atoms with Crippen molar-refractivity contribution in [3.05, 3.63) is 146 Å². The van der Waals surface area contributed by atoms with Gasteiger partial charge >= 0.3 is 0 Å². The van der Waals surface area contributed by atoms with Crippen LogP contribution in [0.1, 0.15) is 0 Å². The lowest BCUT2D eigenvalue weighted by Gasteiger charge is -2.12. The summed E-state index contributed by atoms with van der Waals surface area (Å²) in [5, 5.41) is 9.71. The Hall–Kier alpha value is -5.52. The van der Waals surface area contributed by atoms with E-state index in [2.05, 4.69) is 149 Å². The second-order valence-corrected chi connectivity index (χ2v) is 10.4. The van der Waals surface area contributed by atoms with Crippen LogP contribution in [-0.4, -0.2) is 9.13 Å². The fourth-order valence-corrected chi connectivity index (χ4v) is 6.62. The Kier molecular flexibility index (Phi) is 4.28. The van der Waals surface area contributed by atoms with Gasteiger partial charge in [0.25, 0.3) is 0 Å². The molecule has 7 aromatic carbocycles. The van der Waals surface area contributed by atoms with Gasteiger partial charge in [-0.2, -0.15) is 0 Å². The minimum Gasteiger partial charge on any atom is -0.309 e. The molecule has 0 fully saturated rings. The highest BCUT2D eigenvalue weighted by Crippen LogP contribution is 2.41. The smallest absolute Gasteiger partial charge is 0.0624 e. The van der Waals surface area contributed by atoms with E-state index in [0.29, 0.717) is 0 Å². The predicted molar refractivity (Wildman–Crippen MR) is 168 cm³/mol. The van der Waals surface area contributed by atoms with Crippen LogP contribution in [0.25, 0.3) is 76.5 Å². The van der Waals surface area contributed by atoms with E-state index in [1.165, 1.54) is 60.1 Å². The molecule has 0 spiro atoms. The molecule has 0 saturated carbocycles. The molecule has 2 heteroatoms. The van der Waals surface area contributed by atoms with E-state index < -0.39 is 0 Å². The number of hydrogen-bond donors (Lipinski definition) is 0. The number of rotatable bonds is 2. The lowest BCUT2D eigenvalue weighted by molar-refractivity contribution is 1.19. The summed E-state index contributed by atoms with van der Waals surface area (Å²) in [5.41, 5.74) is 7.13. The maximum atomic E-state index is 3.40. The molecule has 0 radical (unpaired) electrons. The van der Waals surface area contributed by atoms with Gasteiger partial charge in [-0.25, -0.2) is 0 Å². The van der Waals surface area contributed by atoms with Gasteiger partial charge in [0.2, 0.25) is 0 Å². The third-order valence-electron chi connectivity index (χ3n) is 8.33. The van der Waals surface area contributed by atoms with Crippen molar-refractivity contribution in [3.8, 4) is 11.4 Å². The molecule has 2 nitrogen and oxygen atoms in total. The molecule has 0 atom stereocenters. The Morgan fingerprint density at radius 1 is 0.400 bits per heavy atom. The molecule has 0 unspecified atom stereocenters. The Morgan fingerprint density at radius 2 is 0.950 bits per heavy atom. The van der Waals surface area contributed by atoms with Crippen molar-refractivity contribution in [2.45, 2.75) is 0 Å². The first-order chi connectivity index (χ1) is 19.9. The van der Waals surface area contributed by atoms with E-state index in [9.17, 15) is 0 Å². The summed E-state index contributed by atoms with van der Waals surface area (Å²) in [6, 6.07) is 54.6. The largest absolute Gasteiger partial charge is 0.309 e. The van der Waals surface area contributed by atoms with Crippen molar-refractivity contribution in [2.75, 3.05) is 0 Å². The minimum absolute atomic E-state index is 1.07. The summed E-state index contributed by atoms with van der Waals surface area (Å²) in [6.07, 6.45) is 0. The standard InChI is InChI=1S/C38H22N2/c1-3-15-27-25(11-1)13-9-21-33(27)39-35-19-7-5-17-29(35)31-24-38-32(23-37(31)39)30-18-6-8-20-36(30)40(38)34-22-10-14-26-12-2-4-16-28(26)34/h1-3,5-15,17-24H. The zero-order chi connectivity index (χ0) is 26.2. The van der Waals surface area contributed by atoms with Crippen LogP contribution in [0.3, 0.4) is 0 Å². The maximum absolute atomic E-state index is 3.40. The maximum Gasteiger partial charge on any atom is 0.0624 e. The van der Waals surface area contributed by atoms with Gasteiger partial charge in [-0.15, -0.1) is 0 Å². The van der Waals surface area contributed by atoms with Crippen molar-refractivity contribution in [2.24, 2.45) is 0 Å². The Morgan fingerprint density at radius 3 is 1.68 bits per heavy atom. The highest BCUT2D eigenvalue weighted by Gasteiger charge is 2.19. The van der Waals surface area contributed by atoms with Crippen molar-refractivity contribution in [3.63, 3.8) is 0 Å². The third-order valence-corrected chi connectivity index (χ3v) is 8.33. The van der Waals surface area contributed by atoms with Gasteiger partial charge in [-0.3, -0.25) is 0 Å². The Labute approximate surface area is 230 Å². The molecule has 2 heterocycles. The number of fused-ring (bicyclic) bond motifs is 8. The number of hydrogen-bond acceptors (Lipinski definition) is 0. The molecular weight excluding hydrogens is 484 g/mol. The topological polar surface area (TPSA) is 9.86 Å². The van der Waals surface area contributed by atoms with Crippen LogP contribution in [-0.2, 0) is 0 Å². The van der Waals surface area contributed by atoms with Crippen LogP contribution >= 0.6 is 0 Å². The molecule has 40 heavy (non-hydrogen) atoms. The predicted octanol–water partition coefficient (Wildman–Crippen LogP) is 9.79. The summed E-state index contributed by atoms with van der Waals surface area (Å²) < 4.78 is 4.85. The SMILES string of the molecule is c1ccc2cccc(-n3c4ccccc4c4cc5c(cc43)c3ccccc3n5-c3cccc4ccccc34)c2c#1. The molecule has 9 rings (SSSR count). The van der Waals surface area contributed by atoms with Crippen molar-refractivity contribution in [1.82, 2.24) is 9.13 Å². The van der Waals surface area contributed by atoms with Crippen LogP contribution in [0.2, 0.25) is 0 Å². The van der Waals surface area contributed by atoms with Gasteiger partial charge in [0.05, 0.1) is 38.8 Å². The van der Waals surface area contributed by atoms with Crippen LogP contribution in [0, 0.1) is 12.1 Å². The fraction of sp³-hybridized carbons (Fsp3) is 0. The van der Waals surface area contributed by atoms with Crippen LogP contribution in [0.5, 0.6) is 0 Å². The molecule has 0 bridgehead atoms. The first-order valence-corrected chi connectivity index (χ1v) is 13.6. The van der Waals surface area contributed by atoms with E-state index in [-0.39, 0.29) is 0 Å². The van der Waals surface area contributed by atoms with Gasteiger partial charge in [-0.05, 0) is 59.3 Å². The number of benzene rings is 6. The van der Waals surface area contributed by atoms with Gasteiger partial charge in [0.1, 0.15) is 0 Å². The number of nitrogens with zero attached hydrogens (tertiary/aromatic N) is 2. The molecule has 0 amide bonds. The van der Waals surface area contributed by atoms with Crippen molar-refractivity contribution >= 4 is 65.2 Å². The minimum atomic E-state index is 1.07. The molecule has 9 aromatic rings. The molecule has 0 aliphatic rings.